The van der Waals surface area contributed by atoms with Gasteiger partial charge in [-0.15, -0.1) is 0 Å². The van der Waals surface area contributed by atoms with E-state index in [1.807, 2.05) is 44.0 Å². The molecule has 1 N–H and O–H groups in total. The zero-order chi connectivity index (χ0) is 18.9. The van der Waals surface area contributed by atoms with E-state index in [-0.39, 0.29) is 23.5 Å². The van der Waals surface area contributed by atoms with Crippen LogP contribution >= 0.6 is 0 Å². The largest absolute Gasteiger partial charge is 0.369 e. The molecule has 2 heterocycles. The average molecular weight is 373 g/mol. The van der Waals surface area contributed by atoms with E-state index in [2.05, 4.69) is 10.3 Å². The first-order chi connectivity index (χ1) is 12.3. The van der Waals surface area contributed by atoms with Gasteiger partial charge in [-0.2, -0.15) is 0 Å². The standard InChI is InChI=1S/C19H23N3O3S/c1-13-5-4-6-18(14(13)2)21-19(23)15-9-17(11-20-10-15)22(3)16-7-8-26(24,25)12-16/h4-6,9-11,16H,7-8,12H2,1-3H3,(H,21,23). The Balaban J connectivity index is 1.78. The van der Waals surface area contributed by atoms with Gasteiger partial charge in [0.2, 0.25) is 0 Å². The molecule has 7 heteroatoms. The van der Waals surface area contributed by atoms with Crippen molar-refractivity contribution in [3.63, 3.8) is 0 Å². The number of nitrogens with one attached hydrogen (secondary N) is 1. The number of rotatable bonds is 4. The molecule has 0 saturated carbocycles. The van der Waals surface area contributed by atoms with Crippen molar-refractivity contribution in [2.45, 2.75) is 26.3 Å². The van der Waals surface area contributed by atoms with Crippen LogP contribution in [0, 0.1) is 13.8 Å². The Hall–Kier alpha value is -2.41. The van der Waals surface area contributed by atoms with Crippen molar-refractivity contribution in [3.8, 4) is 0 Å². The van der Waals surface area contributed by atoms with E-state index in [0.717, 1.165) is 22.5 Å². The number of carbonyl (C=O) groups is 1. The molecule has 1 aromatic carbocycles. The summed E-state index contributed by atoms with van der Waals surface area (Å²) in [4.78, 5) is 18.7. The molecular formula is C19H23N3O3S. The molecule has 1 aliphatic rings. The highest BCUT2D eigenvalue weighted by molar-refractivity contribution is 7.91. The molecule has 0 bridgehead atoms. The maximum atomic E-state index is 12.6. The van der Waals surface area contributed by atoms with Crippen LogP contribution in [0.3, 0.4) is 0 Å². The minimum absolute atomic E-state index is 0.0841. The number of carbonyl (C=O) groups excluding carboxylic acids is 1. The number of aryl methyl sites for hydroxylation is 1. The third-order valence-electron chi connectivity index (χ3n) is 5.00. The number of sulfone groups is 1. The van der Waals surface area contributed by atoms with Crippen molar-refractivity contribution < 1.29 is 13.2 Å². The van der Waals surface area contributed by atoms with Crippen LogP contribution in [0.4, 0.5) is 11.4 Å². The number of hydrogen-bond donors (Lipinski definition) is 1. The quantitative estimate of drug-likeness (QED) is 0.891. The Kier molecular flexibility index (Phi) is 5.00. The molecule has 3 rings (SSSR count). The van der Waals surface area contributed by atoms with Crippen LogP contribution in [0.2, 0.25) is 0 Å². The molecule has 1 aliphatic heterocycles. The number of benzene rings is 1. The van der Waals surface area contributed by atoms with Gasteiger partial charge in [-0.1, -0.05) is 12.1 Å². The molecule has 1 saturated heterocycles. The summed E-state index contributed by atoms with van der Waals surface area (Å²) >= 11 is 0. The second-order valence-electron chi connectivity index (χ2n) is 6.80. The van der Waals surface area contributed by atoms with Gasteiger partial charge in [0.1, 0.15) is 0 Å². The van der Waals surface area contributed by atoms with Crippen LogP contribution in [-0.4, -0.2) is 43.9 Å². The highest BCUT2D eigenvalue weighted by Crippen LogP contribution is 2.24. The van der Waals surface area contributed by atoms with Gasteiger partial charge in [0.05, 0.1) is 29.0 Å². The van der Waals surface area contributed by atoms with Crippen LogP contribution in [0.5, 0.6) is 0 Å². The van der Waals surface area contributed by atoms with E-state index < -0.39 is 9.84 Å². The van der Waals surface area contributed by atoms with E-state index >= 15 is 0 Å². The fraction of sp³-hybridized carbons (Fsp3) is 0.368. The third-order valence-corrected chi connectivity index (χ3v) is 6.75. The van der Waals surface area contributed by atoms with Gasteiger partial charge in [0, 0.05) is 25.0 Å². The number of amides is 1. The monoisotopic (exact) mass is 373 g/mol. The summed E-state index contributed by atoms with van der Waals surface area (Å²) in [5.41, 5.74) is 4.09. The molecule has 138 valence electrons. The molecule has 6 nitrogen and oxygen atoms in total. The lowest BCUT2D eigenvalue weighted by Crippen LogP contribution is -2.32. The Morgan fingerprint density at radius 2 is 2.04 bits per heavy atom. The smallest absolute Gasteiger partial charge is 0.257 e. The van der Waals surface area contributed by atoms with Crippen LogP contribution in [0.25, 0.3) is 0 Å². The minimum Gasteiger partial charge on any atom is -0.369 e. The number of anilines is 2. The Morgan fingerprint density at radius 3 is 2.73 bits per heavy atom. The van der Waals surface area contributed by atoms with Gasteiger partial charge in [-0.3, -0.25) is 9.78 Å². The summed E-state index contributed by atoms with van der Waals surface area (Å²) in [7, 11) is -1.12. The fourth-order valence-electron chi connectivity index (χ4n) is 3.12. The highest BCUT2D eigenvalue weighted by Gasteiger charge is 2.31. The predicted octanol–water partition coefficient (Wildman–Crippen LogP) is 2.57. The topological polar surface area (TPSA) is 79.4 Å². The van der Waals surface area contributed by atoms with Crippen molar-refractivity contribution in [3.05, 3.63) is 53.3 Å². The number of aromatic nitrogens is 1. The van der Waals surface area contributed by atoms with Crippen LogP contribution in [0.1, 0.15) is 27.9 Å². The second kappa shape index (κ2) is 7.07. The number of pyridine rings is 1. The first kappa shape index (κ1) is 18.4. The highest BCUT2D eigenvalue weighted by atomic mass is 32.2. The van der Waals surface area contributed by atoms with E-state index in [0.29, 0.717) is 12.0 Å². The summed E-state index contributed by atoms with van der Waals surface area (Å²) < 4.78 is 23.4. The minimum atomic E-state index is -2.97. The van der Waals surface area contributed by atoms with Gasteiger partial charge in [-0.05, 0) is 43.5 Å². The molecule has 1 atom stereocenters. The van der Waals surface area contributed by atoms with Crippen molar-refractivity contribution in [2.75, 3.05) is 28.8 Å². The Morgan fingerprint density at radius 1 is 1.27 bits per heavy atom. The summed E-state index contributed by atoms with van der Waals surface area (Å²) in [5, 5.41) is 2.92. The Bertz CT molecular complexity index is 941. The molecule has 1 aromatic heterocycles. The fourth-order valence-corrected chi connectivity index (χ4v) is 4.89. The van der Waals surface area contributed by atoms with Gasteiger partial charge in [0.15, 0.2) is 9.84 Å². The van der Waals surface area contributed by atoms with E-state index in [1.54, 1.807) is 12.3 Å². The summed E-state index contributed by atoms with van der Waals surface area (Å²) in [6.07, 6.45) is 3.76. The maximum Gasteiger partial charge on any atom is 0.257 e. The second-order valence-corrected chi connectivity index (χ2v) is 9.03. The van der Waals surface area contributed by atoms with Gasteiger partial charge in [0.25, 0.3) is 5.91 Å². The molecule has 2 aromatic rings. The third kappa shape index (κ3) is 3.88. The molecule has 26 heavy (non-hydrogen) atoms. The zero-order valence-electron chi connectivity index (χ0n) is 15.2. The van der Waals surface area contributed by atoms with Crippen molar-refractivity contribution >= 4 is 27.1 Å². The van der Waals surface area contributed by atoms with E-state index in [4.69, 9.17) is 0 Å². The first-order valence-electron chi connectivity index (χ1n) is 8.53. The SMILES string of the molecule is Cc1cccc(NC(=O)c2cncc(N(C)C3CCS(=O)(=O)C3)c2)c1C. The molecular weight excluding hydrogens is 350 g/mol. The maximum absolute atomic E-state index is 12.6. The van der Waals surface area contributed by atoms with Crippen molar-refractivity contribution in [2.24, 2.45) is 0 Å². The molecule has 1 fully saturated rings. The van der Waals surface area contributed by atoms with Crippen LogP contribution in [-0.2, 0) is 9.84 Å². The number of nitrogens with zero attached hydrogens (tertiary/aromatic N) is 2. The molecule has 0 radical (unpaired) electrons. The first-order valence-corrected chi connectivity index (χ1v) is 10.3. The van der Waals surface area contributed by atoms with Gasteiger partial charge in [-0.25, -0.2) is 8.42 Å². The predicted molar refractivity (Wildman–Crippen MR) is 104 cm³/mol. The molecule has 1 amide bonds. The lowest BCUT2D eigenvalue weighted by Gasteiger charge is -2.25. The van der Waals surface area contributed by atoms with Crippen LogP contribution < -0.4 is 10.2 Å². The van der Waals surface area contributed by atoms with E-state index in [9.17, 15) is 13.2 Å². The lowest BCUT2D eigenvalue weighted by atomic mass is 10.1. The normalized spacial score (nSPS) is 18.5. The summed E-state index contributed by atoms with van der Waals surface area (Å²) in [6, 6.07) is 7.43. The van der Waals surface area contributed by atoms with Gasteiger partial charge < -0.3 is 10.2 Å². The summed E-state index contributed by atoms with van der Waals surface area (Å²) in [5.74, 6) is 0.116. The van der Waals surface area contributed by atoms with Crippen LogP contribution in [0.15, 0.2) is 36.7 Å². The average Bonchev–Trinajstić information content (AvgIpc) is 2.98. The zero-order valence-corrected chi connectivity index (χ0v) is 16.0. The molecule has 0 spiro atoms. The van der Waals surface area contributed by atoms with Crippen molar-refractivity contribution in [1.29, 1.82) is 0 Å². The molecule has 0 aliphatic carbocycles. The molecule has 1 unspecified atom stereocenters. The van der Waals surface area contributed by atoms with Gasteiger partial charge >= 0.3 is 0 Å². The number of hydrogen-bond acceptors (Lipinski definition) is 5. The lowest BCUT2D eigenvalue weighted by molar-refractivity contribution is 0.102. The summed E-state index contributed by atoms with van der Waals surface area (Å²) in [6.45, 7) is 3.96. The van der Waals surface area contributed by atoms with E-state index in [1.165, 1.54) is 6.20 Å². The Labute approximate surface area is 154 Å². The van der Waals surface area contributed by atoms with Crippen molar-refractivity contribution in [1.82, 2.24) is 4.98 Å².